The molecule has 2 aromatic rings. The van der Waals surface area contributed by atoms with Gasteiger partial charge in [-0.25, -0.2) is 4.39 Å². The highest BCUT2D eigenvalue weighted by atomic mass is 19.1. The molecule has 0 aliphatic rings. The van der Waals surface area contributed by atoms with E-state index >= 15 is 0 Å². The third kappa shape index (κ3) is 7.74. The summed E-state index contributed by atoms with van der Waals surface area (Å²) in [5, 5.41) is 0. The van der Waals surface area contributed by atoms with E-state index < -0.39 is 0 Å². The molecule has 0 unspecified atom stereocenters. The molecule has 27 heavy (non-hydrogen) atoms. The SMILES string of the molecule is CCCCCCCCCCCc1ccc(-c2ccc(OCC)c(F)c2)cc1. The number of rotatable bonds is 13. The molecule has 0 N–H and O–H groups in total. The summed E-state index contributed by atoms with van der Waals surface area (Å²) in [7, 11) is 0. The number of hydrogen-bond acceptors (Lipinski definition) is 1. The second-order valence-electron chi connectivity index (χ2n) is 7.35. The molecule has 0 radical (unpaired) electrons. The predicted octanol–water partition coefficient (Wildman–Crippen LogP) is 7.96. The van der Waals surface area contributed by atoms with E-state index in [9.17, 15) is 4.39 Å². The molecule has 2 aromatic carbocycles. The molecule has 148 valence electrons. The highest BCUT2D eigenvalue weighted by Gasteiger charge is 2.06. The van der Waals surface area contributed by atoms with E-state index in [-0.39, 0.29) is 5.82 Å². The van der Waals surface area contributed by atoms with Gasteiger partial charge in [-0.3, -0.25) is 0 Å². The van der Waals surface area contributed by atoms with Crippen LogP contribution in [0, 0.1) is 5.82 Å². The summed E-state index contributed by atoms with van der Waals surface area (Å²) >= 11 is 0. The Hall–Kier alpha value is -1.83. The van der Waals surface area contributed by atoms with Crippen molar-refractivity contribution in [1.29, 1.82) is 0 Å². The van der Waals surface area contributed by atoms with Crippen LogP contribution >= 0.6 is 0 Å². The van der Waals surface area contributed by atoms with Crippen molar-refractivity contribution in [1.82, 2.24) is 0 Å². The lowest BCUT2D eigenvalue weighted by Crippen LogP contribution is -1.94. The predicted molar refractivity (Wildman–Crippen MR) is 114 cm³/mol. The Balaban J connectivity index is 1.71. The van der Waals surface area contributed by atoms with Crippen LogP contribution in [0.25, 0.3) is 11.1 Å². The molecule has 2 rings (SSSR count). The zero-order valence-electron chi connectivity index (χ0n) is 17.1. The molecule has 0 aliphatic heterocycles. The fraction of sp³-hybridized carbons (Fsp3) is 0.520. The van der Waals surface area contributed by atoms with Gasteiger partial charge >= 0.3 is 0 Å². The molecular formula is C25H35FO. The third-order valence-corrected chi connectivity index (χ3v) is 5.09. The summed E-state index contributed by atoms with van der Waals surface area (Å²) in [6.45, 7) is 4.60. The fourth-order valence-corrected chi connectivity index (χ4v) is 3.46. The molecule has 0 amide bonds. The number of unbranched alkanes of at least 4 members (excludes halogenated alkanes) is 8. The van der Waals surface area contributed by atoms with Crippen molar-refractivity contribution in [3.05, 3.63) is 53.8 Å². The highest BCUT2D eigenvalue weighted by Crippen LogP contribution is 2.26. The van der Waals surface area contributed by atoms with Crippen LogP contribution in [0.15, 0.2) is 42.5 Å². The number of halogens is 1. The number of ether oxygens (including phenoxy) is 1. The Bertz CT molecular complexity index is 648. The van der Waals surface area contributed by atoms with Gasteiger partial charge in [-0.2, -0.15) is 0 Å². The summed E-state index contributed by atoms with van der Waals surface area (Å²) in [5.41, 5.74) is 3.31. The van der Waals surface area contributed by atoms with E-state index in [2.05, 4.69) is 31.2 Å². The maximum Gasteiger partial charge on any atom is 0.165 e. The van der Waals surface area contributed by atoms with Crippen LogP contribution in [0.2, 0.25) is 0 Å². The molecule has 1 nitrogen and oxygen atoms in total. The fourth-order valence-electron chi connectivity index (χ4n) is 3.46. The highest BCUT2D eigenvalue weighted by molar-refractivity contribution is 5.64. The van der Waals surface area contributed by atoms with Gasteiger partial charge in [-0.1, -0.05) is 88.6 Å². The quantitative estimate of drug-likeness (QED) is 0.325. The van der Waals surface area contributed by atoms with Crippen molar-refractivity contribution < 1.29 is 9.13 Å². The van der Waals surface area contributed by atoms with Crippen molar-refractivity contribution in [2.24, 2.45) is 0 Å². The van der Waals surface area contributed by atoms with Gasteiger partial charge in [0.25, 0.3) is 0 Å². The van der Waals surface area contributed by atoms with E-state index in [4.69, 9.17) is 4.74 Å². The number of hydrogen-bond donors (Lipinski definition) is 0. The lowest BCUT2D eigenvalue weighted by molar-refractivity contribution is 0.321. The summed E-state index contributed by atoms with van der Waals surface area (Å²) in [4.78, 5) is 0. The Labute approximate surface area is 165 Å². The van der Waals surface area contributed by atoms with Crippen molar-refractivity contribution in [2.45, 2.75) is 78.1 Å². The van der Waals surface area contributed by atoms with E-state index in [0.717, 1.165) is 17.5 Å². The zero-order chi connectivity index (χ0) is 19.3. The van der Waals surface area contributed by atoms with Crippen LogP contribution in [0.5, 0.6) is 5.75 Å². The monoisotopic (exact) mass is 370 g/mol. The van der Waals surface area contributed by atoms with Crippen molar-refractivity contribution in [3.63, 3.8) is 0 Å². The van der Waals surface area contributed by atoms with Gasteiger partial charge in [-0.15, -0.1) is 0 Å². The minimum absolute atomic E-state index is 0.298. The summed E-state index contributed by atoms with van der Waals surface area (Å²) < 4.78 is 19.3. The maximum absolute atomic E-state index is 14.0. The Kier molecular flexibility index (Phi) is 9.97. The van der Waals surface area contributed by atoms with E-state index in [1.807, 2.05) is 13.0 Å². The van der Waals surface area contributed by atoms with Gasteiger partial charge in [0.15, 0.2) is 11.6 Å². The second-order valence-corrected chi connectivity index (χ2v) is 7.35. The Morgan fingerprint density at radius 1 is 0.704 bits per heavy atom. The first-order valence-corrected chi connectivity index (χ1v) is 10.8. The molecule has 0 atom stereocenters. The Morgan fingerprint density at radius 3 is 1.89 bits per heavy atom. The summed E-state index contributed by atoms with van der Waals surface area (Å²) in [5.74, 6) is 0.0244. The molecule has 0 fully saturated rings. The second kappa shape index (κ2) is 12.5. The summed E-state index contributed by atoms with van der Waals surface area (Å²) in [6.07, 6.45) is 13.4. The third-order valence-electron chi connectivity index (χ3n) is 5.09. The first kappa shape index (κ1) is 21.5. The number of benzene rings is 2. The first-order chi connectivity index (χ1) is 13.2. The average Bonchev–Trinajstić information content (AvgIpc) is 2.69. The largest absolute Gasteiger partial charge is 0.491 e. The minimum atomic E-state index is -0.298. The molecule has 0 heterocycles. The normalized spacial score (nSPS) is 10.9. The van der Waals surface area contributed by atoms with Gasteiger partial charge in [0.2, 0.25) is 0 Å². The van der Waals surface area contributed by atoms with Crippen molar-refractivity contribution >= 4 is 0 Å². The Morgan fingerprint density at radius 2 is 1.30 bits per heavy atom. The minimum Gasteiger partial charge on any atom is -0.491 e. The van der Waals surface area contributed by atoms with E-state index in [1.54, 1.807) is 12.1 Å². The van der Waals surface area contributed by atoms with Crippen LogP contribution in [-0.2, 0) is 6.42 Å². The van der Waals surface area contributed by atoms with Gasteiger partial charge < -0.3 is 4.74 Å². The first-order valence-electron chi connectivity index (χ1n) is 10.8. The molecule has 0 aromatic heterocycles. The van der Waals surface area contributed by atoms with Crippen molar-refractivity contribution in [3.8, 4) is 16.9 Å². The smallest absolute Gasteiger partial charge is 0.165 e. The molecule has 0 aliphatic carbocycles. The average molecular weight is 371 g/mol. The van der Waals surface area contributed by atoms with Crippen molar-refractivity contribution in [2.75, 3.05) is 6.61 Å². The van der Waals surface area contributed by atoms with Crippen LogP contribution in [-0.4, -0.2) is 6.61 Å². The van der Waals surface area contributed by atoms with E-state index in [0.29, 0.717) is 12.4 Å². The standard InChI is InChI=1S/C25H35FO/c1-3-5-6-7-8-9-10-11-12-13-21-14-16-22(17-15-21)23-18-19-25(27-4-2)24(26)20-23/h14-20H,3-13H2,1-2H3. The lowest BCUT2D eigenvalue weighted by Gasteiger charge is -2.08. The van der Waals surface area contributed by atoms with Crippen LogP contribution in [0.1, 0.15) is 77.2 Å². The topological polar surface area (TPSA) is 9.23 Å². The lowest BCUT2D eigenvalue weighted by atomic mass is 10.0. The summed E-state index contributed by atoms with van der Waals surface area (Å²) in [6, 6.07) is 13.7. The van der Waals surface area contributed by atoms with Crippen LogP contribution in [0.4, 0.5) is 4.39 Å². The molecule has 0 saturated heterocycles. The van der Waals surface area contributed by atoms with E-state index in [1.165, 1.54) is 63.4 Å². The molecule has 0 bridgehead atoms. The van der Waals surface area contributed by atoms with Gasteiger partial charge in [-0.05, 0) is 48.6 Å². The van der Waals surface area contributed by atoms with Crippen LogP contribution < -0.4 is 4.74 Å². The molecule has 0 saturated carbocycles. The number of aryl methyl sites for hydroxylation is 1. The van der Waals surface area contributed by atoms with Gasteiger partial charge in [0.05, 0.1) is 6.61 Å². The van der Waals surface area contributed by atoms with Gasteiger partial charge in [0.1, 0.15) is 0 Å². The molecular weight excluding hydrogens is 335 g/mol. The maximum atomic E-state index is 14.0. The molecule has 2 heteroatoms. The molecule has 0 spiro atoms. The van der Waals surface area contributed by atoms with Crippen LogP contribution in [0.3, 0.4) is 0 Å². The zero-order valence-corrected chi connectivity index (χ0v) is 17.1. The van der Waals surface area contributed by atoms with Gasteiger partial charge in [0, 0.05) is 0 Å².